The van der Waals surface area contributed by atoms with Gasteiger partial charge in [-0.2, -0.15) is 0 Å². The zero-order valence-corrected chi connectivity index (χ0v) is 10.8. The van der Waals surface area contributed by atoms with E-state index in [0.29, 0.717) is 6.79 Å². The first-order chi connectivity index (χ1) is 8.66. The molecule has 0 amide bonds. The van der Waals surface area contributed by atoms with E-state index in [0.717, 1.165) is 43.9 Å². The van der Waals surface area contributed by atoms with Crippen LogP contribution in [-0.2, 0) is 6.42 Å². The monoisotopic (exact) mass is 248 g/mol. The van der Waals surface area contributed by atoms with Crippen LogP contribution in [0.3, 0.4) is 0 Å². The Labute approximate surface area is 107 Å². The molecule has 4 nitrogen and oxygen atoms in total. The molecular formula is C14H20N2O2. The Bertz CT molecular complexity index is 455. The highest BCUT2D eigenvalue weighted by Crippen LogP contribution is 2.34. The van der Waals surface area contributed by atoms with Crippen molar-refractivity contribution in [1.29, 1.82) is 0 Å². The molecule has 1 aliphatic carbocycles. The smallest absolute Gasteiger partial charge is 0.231 e. The first kappa shape index (κ1) is 11.8. The van der Waals surface area contributed by atoms with Gasteiger partial charge >= 0.3 is 0 Å². The molecule has 98 valence electrons. The van der Waals surface area contributed by atoms with Crippen molar-refractivity contribution >= 4 is 0 Å². The van der Waals surface area contributed by atoms with Gasteiger partial charge in [-0.05, 0) is 56.0 Å². The molecule has 0 bridgehead atoms. The van der Waals surface area contributed by atoms with Crippen LogP contribution in [-0.4, -0.2) is 25.4 Å². The predicted octanol–water partition coefficient (Wildman–Crippen LogP) is 1.35. The van der Waals surface area contributed by atoms with E-state index in [1.165, 1.54) is 11.1 Å². The largest absolute Gasteiger partial charge is 0.454 e. The van der Waals surface area contributed by atoms with Crippen LogP contribution < -0.4 is 20.5 Å². The number of aryl methyl sites for hydroxylation is 1. The van der Waals surface area contributed by atoms with Crippen LogP contribution in [0.25, 0.3) is 0 Å². The number of benzene rings is 1. The molecule has 0 spiro atoms. The Morgan fingerprint density at radius 2 is 2.00 bits per heavy atom. The number of hydrogen-bond acceptors (Lipinski definition) is 4. The van der Waals surface area contributed by atoms with Gasteiger partial charge in [0.05, 0.1) is 0 Å². The minimum Gasteiger partial charge on any atom is -0.454 e. The molecule has 0 aromatic heterocycles. The predicted molar refractivity (Wildman–Crippen MR) is 70.0 cm³/mol. The Balaban J connectivity index is 1.55. The van der Waals surface area contributed by atoms with E-state index in [9.17, 15) is 0 Å². The zero-order valence-electron chi connectivity index (χ0n) is 10.8. The number of nitrogens with two attached hydrogens (primary N) is 1. The average molecular weight is 248 g/mol. The highest BCUT2D eigenvalue weighted by molar-refractivity contribution is 5.48. The van der Waals surface area contributed by atoms with Crippen LogP contribution >= 0.6 is 0 Å². The second-order valence-electron chi connectivity index (χ2n) is 5.42. The SMILES string of the molecule is Cc1cc2c(cc1CCNCC1(N)CC1)OCO2. The molecule has 0 atom stereocenters. The van der Waals surface area contributed by atoms with Crippen LogP contribution in [0.4, 0.5) is 0 Å². The summed E-state index contributed by atoms with van der Waals surface area (Å²) >= 11 is 0. The fourth-order valence-corrected chi connectivity index (χ4v) is 2.25. The van der Waals surface area contributed by atoms with Crippen molar-refractivity contribution in [3.05, 3.63) is 23.3 Å². The third kappa shape index (κ3) is 2.44. The van der Waals surface area contributed by atoms with Gasteiger partial charge in [0.2, 0.25) is 6.79 Å². The molecule has 1 heterocycles. The summed E-state index contributed by atoms with van der Waals surface area (Å²) in [4.78, 5) is 0. The van der Waals surface area contributed by atoms with E-state index in [-0.39, 0.29) is 5.54 Å². The van der Waals surface area contributed by atoms with E-state index in [1.807, 2.05) is 0 Å². The van der Waals surface area contributed by atoms with Crippen LogP contribution in [0.1, 0.15) is 24.0 Å². The van der Waals surface area contributed by atoms with Gasteiger partial charge in [-0.1, -0.05) is 0 Å². The molecule has 4 heteroatoms. The highest BCUT2D eigenvalue weighted by Gasteiger charge is 2.37. The Kier molecular flexibility index (Phi) is 2.92. The number of nitrogens with one attached hydrogen (secondary N) is 1. The fraction of sp³-hybridized carbons (Fsp3) is 0.571. The summed E-state index contributed by atoms with van der Waals surface area (Å²) in [7, 11) is 0. The second-order valence-corrected chi connectivity index (χ2v) is 5.42. The lowest BCUT2D eigenvalue weighted by Gasteiger charge is -2.11. The van der Waals surface area contributed by atoms with Gasteiger partial charge in [-0.15, -0.1) is 0 Å². The van der Waals surface area contributed by atoms with E-state index < -0.39 is 0 Å². The summed E-state index contributed by atoms with van der Waals surface area (Å²) in [5.74, 6) is 1.73. The van der Waals surface area contributed by atoms with Crippen LogP contribution in [0, 0.1) is 6.92 Å². The van der Waals surface area contributed by atoms with Crippen molar-refractivity contribution < 1.29 is 9.47 Å². The molecule has 1 aromatic carbocycles. The molecule has 18 heavy (non-hydrogen) atoms. The number of rotatable bonds is 5. The Hall–Kier alpha value is -1.26. The molecule has 3 rings (SSSR count). The van der Waals surface area contributed by atoms with E-state index >= 15 is 0 Å². The summed E-state index contributed by atoms with van der Waals surface area (Å²) in [6.07, 6.45) is 3.31. The topological polar surface area (TPSA) is 56.5 Å². The maximum absolute atomic E-state index is 6.03. The van der Waals surface area contributed by atoms with Crippen molar-refractivity contribution in [3.8, 4) is 11.5 Å². The average Bonchev–Trinajstić information content (AvgIpc) is 2.90. The number of ether oxygens (including phenoxy) is 2. The van der Waals surface area contributed by atoms with Gasteiger partial charge in [0.25, 0.3) is 0 Å². The first-order valence-electron chi connectivity index (χ1n) is 6.55. The maximum Gasteiger partial charge on any atom is 0.231 e. The fourth-order valence-electron chi connectivity index (χ4n) is 2.25. The standard InChI is InChI=1S/C14H20N2O2/c1-10-6-12-13(18-9-17-12)7-11(10)2-5-16-8-14(15)3-4-14/h6-7,16H,2-5,8-9,15H2,1H3. The van der Waals surface area contributed by atoms with Gasteiger partial charge in [0.1, 0.15) is 0 Å². The van der Waals surface area contributed by atoms with Crippen molar-refractivity contribution in [1.82, 2.24) is 5.32 Å². The highest BCUT2D eigenvalue weighted by atomic mass is 16.7. The van der Waals surface area contributed by atoms with Gasteiger partial charge in [-0.25, -0.2) is 0 Å². The summed E-state index contributed by atoms with van der Waals surface area (Å²) in [5.41, 5.74) is 8.69. The molecule has 1 aromatic rings. The van der Waals surface area contributed by atoms with E-state index in [1.54, 1.807) is 0 Å². The lowest BCUT2D eigenvalue weighted by Crippen LogP contribution is -2.36. The number of fused-ring (bicyclic) bond motifs is 1. The second kappa shape index (κ2) is 4.44. The molecule has 1 aliphatic heterocycles. The lowest BCUT2D eigenvalue weighted by atomic mass is 10.0. The molecule has 1 fully saturated rings. The third-order valence-electron chi connectivity index (χ3n) is 3.77. The Morgan fingerprint density at radius 1 is 1.28 bits per heavy atom. The van der Waals surface area contributed by atoms with Crippen molar-refractivity contribution in [3.63, 3.8) is 0 Å². The van der Waals surface area contributed by atoms with Crippen molar-refractivity contribution in [2.75, 3.05) is 19.9 Å². The molecule has 2 aliphatic rings. The van der Waals surface area contributed by atoms with Gasteiger partial charge in [-0.3, -0.25) is 0 Å². The van der Waals surface area contributed by atoms with Crippen molar-refractivity contribution in [2.45, 2.75) is 31.7 Å². The molecular weight excluding hydrogens is 228 g/mol. The van der Waals surface area contributed by atoms with E-state index in [4.69, 9.17) is 15.2 Å². The van der Waals surface area contributed by atoms with Crippen molar-refractivity contribution in [2.24, 2.45) is 5.73 Å². The summed E-state index contributed by atoms with van der Waals surface area (Å²) in [5, 5.41) is 3.43. The molecule has 0 unspecified atom stereocenters. The summed E-state index contributed by atoms with van der Waals surface area (Å²) < 4.78 is 10.8. The first-order valence-corrected chi connectivity index (χ1v) is 6.55. The maximum atomic E-state index is 6.03. The summed E-state index contributed by atoms with van der Waals surface area (Å²) in [6.45, 7) is 4.34. The van der Waals surface area contributed by atoms with Gasteiger partial charge in [0.15, 0.2) is 11.5 Å². The zero-order chi connectivity index (χ0) is 12.6. The molecule has 0 saturated heterocycles. The van der Waals surface area contributed by atoms with Crippen LogP contribution in [0.15, 0.2) is 12.1 Å². The number of hydrogen-bond donors (Lipinski definition) is 2. The quantitative estimate of drug-likeness (QED) is 0.772. The van der Waals surface area contributed by atoms with Gasteiger partial charge in [0, 0.05) is 12.1 Å². The third-order valence-corrected chi connectivity index (χ3v) is 3.77. The normalized spacial score (nSPS) is 19.0. The van der Waals surface area contributed by atoms with Crippen LogP contribution in [0.5, 0.6) is 11.5 Å². The molecule has 3 N–H and O–H groups in total. The Morgan fingerprint density at radius 3 is 2.72 bits per heavy atom. The van der Waals surface area contributed by atoms with Gasteiger partial charge < -0.3 is 20.5 Å². The molecule has 0 radical (unpaired) electrons. The lowest BCUT2D eigenvalue weighted by molar-refractivity contribution is 0.174. The minimum atomic E-state index is 0.0872. The minimum absolute atomic E-state index is 0.0872. The molecule has 1 saturated carbocycles. The summed E-state index contributed by atoms with van der Waals surface area (Å²) in [6, 6.07) is 4.15. The van der Waals surface area contributed by atoms with E-state index in [2.05, 4.69) is 24.4 Å². The van der Waals surface area contributed by atoms with Crippen LogP contribution in [0.2, 0.25) is 0 Å².